The van der Waals surface area contributed by atoms with Crippen molar-refractivity contribution in [2.24, 2.45) is 10.8 Å². The van der Waals surface area contributed by atoms with Gasteiger partial charge in [0, 0.05) is 6.42 Å². The van der Waals surface area contributed by atoms with Crippen molar-refractivity contribution < 1.29 is 5.11 Å². The monoisotopic (exact) mass is 253 g/mol. The molecule has 0 amide bonds. The van der Waals surface area contributed by atoms with Crippen molar-refractivity contribution in [1.82, 2.24) is 4.98 Å². The lowest BCUT2D eigenvalue weighted by Gasteiger charge is -2.31. The highest BCUT2D eigenvalue weighted by Crippen LogP contribution is 2.43. The van der Waals surface area contributed by atoms with E-state index in [-0.39, 0.29) is 16.9 Å². The van der Waals surface area contributed by atoms with E-state index in [2.05, 4.69) is 34.6 Å². The van der Waals surface area contributed by atoms with Crippen LogP contribution in [0.5, 0.6) is 0 Å². The summed E-state index contributed by atoms with van der Waals surface area (Å²) in [5.74, 6) is 0. The summed E-state index contributed by atoms with van der Waals surface area (Å²) < 4.78 is 0. The van der Waals surface area contributed by atoms with Gasteiger partial charge in [-0.15, -0.1) is 11.3 Å². The fourth-order valence-corrected chi connectivity index (χ4v) is 3.84. The molecule has 0 bridgehead atoms. The number of aliphatic hydroxyl groups is 1. The van der Waals surface area contributed by atoms with Gasteiger partial charge in [-0.1, -0.05) is 34.6 Å². The van der Waals surface area contributed by atoms with E-state index in [1.165, 1.54) is 5.01 Å². The fraction of sp³-hybridized carbons (Fsp3) is 0.786. The highest BCUT2D eigenvalue weighted by atomic mass is 32.1. The first-order valence-corrected chi connectivity index (χ1v) is 7.14. The summed E-state index contributed by atoms with van der Waals surface area (Å²) in [6.07, 6.45) is 2.55. The predicted molar refractivity (Wildman–Crippen MR) is 72.3 cm³/mol. The van der Waals surface area contributed by atoms with Crippen molar-refractivity contribution in [2.75, 3.05) is 0 Å². The van der Waals surface area contributed by atoms with Crippen molar-refractivity contribution in [2.45, 2.75) is 60.0 Å². The third-order valence-electron chi connectivity index (χ3n) is 3.15. The quantitative estimate of drug-likeness (QED) is 0.827. The zero-order chi connectivity index (χ0) is 12.8. The van der Waals surface area contributed by atoms with Crippen LogP contribution in [0.3, 0.4) is 0 Å². The number of thiazole rings is 1. The topological polar surface area (TPSA) is 33.1 Å². The van der Waals surface area contributed by atoms with Gasteiger partial charge in [-0.05, 0) is 23.7 Å². The SMILES string of the molecule is CC(C)(C)Cc1nc2c(s1)C(O)CC(C)(C)C2. The lowest BCUT2D eigenvalue weighted by Crippen LogP contribution is -2.24. The molecule has 17 heavy (non-hydrogen) atoms. The molecule has 1 aliphatic carbocycles. The molecule has 0 aromatic carbocycles. The van der Waals surface area contributed by atoms with E-state index in [1.54, 1.807) is 11.3 Å². The fourth-order valence-electron chi connectivity index (χ4n) is 2.47. The molecule has 0 saturated heterocycles. The van der Waals surface area contributed by atoms with E-state index in [9.17, 15) is 5.11 Å². The average molecular weight is 253 g/mol. The van der Waals surface area contributed by atoms with E-state index in [0.29, 0.717) is 0 Å². The van der Waals surface area contributed by atoms with Gasteiger partial charge in [0.2, 0.25) is 0 Å². The van der Waals surface area contributed by atoms with Crippen LogP contribution in [0.25, 0.3) is 0 Å². The summed E-state index contributed by atoms with van der Waals surface area (Å²) in [4.78, 5) is 5.86. The summed E-state index contributed by atoms with van der Waals surface area (Å²) in [7, 11) is 0. The average Bonchev–Trinajstić information content (AvgIpc) is 2.41. The van der Waals surface area contributed by atoms with Crippen LogP contribution in [0.4, 0.5) is 0 Å². The minimum atomic E-state index is -0.306. The first-order chi connectivity index (χ1) is 7.66. The van der Waals surface area contributed by atoms with Crippen LogP contribution < -0.4 is 0 Å². The lowest BCUT2D eigenvalue weighted by molar-refractivity contribution is 0.102. The molecule has 96 valence electrons. The minimum absolute atomic E-state index is 0.180. The van der Waals surface area contributed by atoms with Crippen molar-refractivity contribution in [1.29, 1.82) is 0 Å². The number of nitrogens with zero attached hydrogens (tertiary/aromatic N) is 1. The van der Waals surface area contributed by atoms with Gasteiger partial charge in [-0.25, -0.2) is 4.98 Å². The van der Waals surface area contributed by atoms with Crippen molar-refractivity contribution in [3.05, 3.63) is 15.6 Å². The van der Waals surface area contributed by atoms with Gasteiger partial charge >= 0.3 is 0 Å². The number of hydrogen-bond donors (Lipinski definition) is 1. The van der Waals surface area contributed by atoms with Crippen LogP contribution in [-0.2, 0) is 12.8 Å². The van der Waals surface area contributed by atoms with E-state index < -0.39 is 0 Å². The molecule has 0 fully saturated rings. The van der Waals surface area contributed by atoms with Gasteiger partial charge in [-0.3, -0.25) is 0 Å². The van der Waals surface area contributed by atoms with Gasteiger partial charge < -0.3 is 5.11 Å². The summed E-state index contributed by atoms with van der Waals surface area (Å²) in [6.45, 7) is 11.1. The summed E-state index contributed by atoms with van der Waals surface area (Å²) >= 11 is 1.71. The summed E-state index contributed by atoms with van der Waals surface area (Å²) in [5.41, 5.74) is 1.58. The van der Waals surface area contributed by atoms with Crippen molar-refractivity contribution >= 4 is 11.3 Å². The first-order valence-electron chi connectivity index (χ1n) is 6.33. The van der Waals surface area contributed by atoms with Crippen molar-refractivity contribution in [3.8, 4) is 0 Å². The number of fused-ring (bicyclic) bond motifs is 1. The standard InChI is InChI=1S/C14H23NOS/c1-13(2,3)8-11-15-9-6-14(4,5)7-10(16)12(9)17-11/h10,16H,6-8H2,1-5H3. The van der Waals surface area contributed by atoms with Crippen molar-refractivity contribution in [3.63, 3.8) is 0 Å². The van der Waals surface area contributed by atoms with E-state index in [0.717, 1.165) is 29.8 Å². The smallest absolute Gasteiger partial charge is 0.0937 e. The molecule has 1 heterocycles. The Labute approximate surface area is 108 Å². The second-order valence-corrected chi connectivity index (χ2v) is 8.33. The highest BCUT2D eigenvalue weighted by Gasteiger charge is 2.34. The molecule has 1 aromatic heterocycles. The number of rotatable bonds is 1. The maximum atomic E-state index is 10.2. The molecule has 0 radical (unpaired) electrons. The molecule has 1 unspecified atom stereocenters. The third-order valence-corrected chi connectivity index (χ3v) is 4.35. The van der Waals surface area contributed by atoms with Crippen LogP contribution >= 0.6 is 11.3 Å². The van der Waals surface area contributed by atoms with Crippen LogP contribution in [0.1, 0.15) is 62.7 Å². The maximum Gasteiger partial charge on any atom is 0.0937 e. The van der Waals surface area contributed by atoms with E-state index in [1.807, 2.05) is 0 Å². The Morgan fingerprint density at radius 3 is 2.65 bits per heavy atom. The molecule has 0 aliphatic heterocycles. The lowest BCUT2D eigenvalue weighted by atomic mass is 9.77. The largest absolute Gasteiger partial charge is 0.387 e. The van der Waals surface area contributed by atoms with Crippen LogP contribution in [-0.4, -0.2) is 10.1 Å². The Morgan fingerprint density at radius 2 is 2.06 bits per heavy atom. The van der Waals surface area contributed by atoms with Gasteiger partial charge in [0.1, 0.15) is 0 Å². The van der Waals surface area contributed by atoms with Crippen LogP contribution in [0, 0.1) is 10.8 Å². The molecule has 1 N–H and O–H groups in total. The Morgan fingerprint density at radius 1 is 1.41 bits per heavy atom. The normalized spacial score (nSPS) is 23.5. The molecule has 2 rings (SSSR count). The van der Waals surface area contributed by atoms with E-state index in [4.69, 9.17) is 4.98 Å². The molecule has 1 atom stereocenters. The Balaban J connectivity index is 2.27. The first kappa shape index (κ1) is 13.0. The summed E-state index contributed by atoms with van der Waals surface area (Å²) in [5, 5.41) is 11.4. The van der Waals surface area contributed by atoms with E-state index >= 15 is 0 Å². The molecule has 1 aliphatic rings. The van der Waals surface area contributed by atoms with Gasteiger partial charge in [0.05, 0.1) is 21.7 Å². The zero-order valence-electron chi connectivity index (χ0n) is 11.5. The Hall–Kier alpha value is -0.410. The molecular weight excluding hydrogens is 230 g/mol. The van der Waals surface area contributed by atoms with Crippen LogP contribution in [0.15, 0.2) is 0 Å². The minimum Gasteiger partial charge on any atom is -0.387 e. The summed E-state index contributed by atoms with van der Waals surface area (Å²) in [6, 6.07) is 0. The van der Waals surface area contributed by atoms with Gasteiger partial charge in [0.25, 0.3) is 0 Å². The number of aromatic nitrogens is 1. The van der Waals surface area contributed by atoms with Crippen LogP contribution in [0.2, 0.25) is 0 Å². The molecule has 0 spiro atoms. The molecule has 2 nitrogen and oxygen atoms in total. The molecule has 3 heteroatoms. The second kappa shape index (κ2) is 4.06. The zero-order valence-corrected chi connectivity index (χ0v) is 12.3. The molecule has 1 aromatic rings. The third kappa shape index (κ3) is 3.08. The highest BCUT2D eigenvalue weighted by molar-refractivity contribution is 7.11. The molecular formula is C14H23NOS. The predicted octanol–water partition coefficient (Wildman–Crippen LogP) is 3.74. The number of aliphatic hydroxyl groups excluding tert-OH is 1. The maximum absolute atomic E-state index is 10.2. The second-order valence-electron chi connectivity index (χ2n) is 7.22. The molecule has 0 saturated carbocycles. The van der Waals surface area contributed by atoms with Gasteiger partial charge in [-0.2, -0.15) is 0 Å². The Kier molecular flexibility index (Phi) is 3.11. The Bertz CT molecular complexity index is 414. The number of hydrogen-bond acceptors (Lipinski definition) is 3. The van der Waals surface area contributed by atoms with Gasteiger partial charge in [0.15, 0.2) is 0 Å².